The third kappa shape index (κ3) is 3.90. The molecule has 0 unspecified atom stereocenters. The van der Waals surface area contributed by atoms with Gasteiger partial charge in [0.15, 0.2) is 0 Å². The van der Waals surface area contributed by atoms with Gasteiger partial charge < -0.3 is 20.0 Å². The molecule has 1 aromatic carbocycles. The molecular formula is C19H24N4O3S. The Morgan fingerprint density at radius 1 is 0.889 bits per heavy atom. The van der Waals surface area contributed by atoms with Crippen LogP contribution in [-0.2, 0) is 4.79 Å². The van der Waals surface area contributed by atoms with Crippen LogP contribution in [0.15, 0.2) is 23.1 Å². The molecule has 1 N–H and O–H groups in total. The van der Waals surface area contributed by atoms with Crippen LogP contribution in [0.2, 0.25) is 0 Å². The van der Waals surface area contributed by atoms with Crippen LogP contribution >= 0.6 is 11.8 Å². The highest BCUT2D eigenvalue weighted by molar-refractivity contribution is 8.00. The van der Waals surface area contributed by atoms with Crippen LogP contribution in [0, 0.1) is 0 Å². The minimum Gasteiger partial charge on any atom is -0.335 e. The van der Waals surface area contributed by atoms with Gasteiger partial charge in [-0.1, -0.05) is 0 Å². The van der Waals surface area contributed by atoms with Gasteiger partial charge >= 0.3 is 6.03 Å². The molecular weight excluding hydrogens is 364 g/mol. The van der Waals surface area contributed by atoms with Crippen LogP contribution in [0.5, 0.6) is 0 Å². The minimum absolute atomic E-state index is 0.0399. The van der Waals surface area contributed by atoms with Crippen molar-refractivity contribution in [2.75, 3.05) is 50.3 Å². The van der Waals surface area contributed by atoms with Gasteiger partial charge in [-0.05, 0) is 37.5 Å². The summed E-state index contributed by atoms with van der Waals surface area (Å²) in [5.74, 6) is 0.322. The van der Waals surface area contributed by atoms with E-state index in [1.165, 1.54) is 18.2 Å². The van der Waals surface area contributed by atoms with Gasteiger partial charge in [-0.3, -0.25) is 9.59 Å². The van der Waals surface area contributed by atoms with E-state index in [4.69, 9.17) is 0 Å². The average molecular weight is 388 g/mol. The van der Waals surface area contributed by atoms with Crippen LogP contribution in [0.4, 0.5) is 10.5 Å². The number of anilines is 1. The van der Waals surface area contributed by atoms with Crippen LogP contribution < -0.4 is 5.32 Å². The summed E-state index contributed by atoms with van der Waals surface area (Å²) in [6, 6.07) is 5.57. The number of nitrogens with zero attached hydrogens (tertiary/aromatic N) is 3. The number of nitrogens with one attached hydrogen (secondary N) is 1. The predicted octanol–water partition coefficient (Wildman–Crippen LogP) is 2.09. The highest BCUT2D eigenvalue weighted by Gasteiger charge is 2.28. The third-order valence-corrected chi connectivity index (χ3v) is 6.40. The van der Waals surface area contributed by atoms with Gasteiger partial charge in [0.05, 0.1) is 11.4 Å². The second kappa shape index (κ2) is 7.80. The molecule has 0 spiro atoms. The summed E-state index contributed by atoms with van der Waals surface area (Å²) in [7, 11) is 0. The highest BCUT2D eigenvalue weighted by Crippen LogP contribution is 2.32. The van der Waals surface area contributed by atoms with Gasteiger partial charge in [0.2, 0.25) is 5.91 Å². The summed E-state index contributed by atoms with van der Waals surface area (Å²) < 4.78 is 0. The molecule has 0 aromatic heterocycles. The maximum atomic E-state index is 12.8. The quantitative estimate of drug-likeness (QED) is 0.800. The number of carbonyl (C=O) groups excluding carboxylic acids is 3. The summed E-state index contributed by atoms with van der Waals surface area (Å²) in [4.78, 5) is 43.6. The molecule has 144 valence electrons. The van der Waals surface area contributed by atoms with E-state index in [0.717, 1.165) is 30.8 Å². The molecule has 8 heteroatoms. The summed E-state index contributed by atoms with van der Waals surface area (Å²) in [6.07, 6.45) is 3.36. The molecule has 27 heavy (non-hydrogen) atoms. The molecule has 3 heterocycles. The minimum atomic E-state index is -0.0484. The first-order valence-electron chi connectivity index (χ1n) is 9.51. The number of fused-ring (bicyclic) bond motifs is 1. The number of likely N-dealkylation sites (tertiary alicyclic amines) is 1. The highest BCUT2D eigenvalue weighted by atomic mass is 32.2. The topological polar surface area (TPSA) is 73.0 Å². The number of piperidine rings is 1. The number of hydrogen-bond donors (Lipinski definition) is 1. The Morgan fingerprint density at radius 3 is 2.30 bits per heavy atom. The molecule has 0 bridgehead atoms. The number of thioether (sulfide) groups is 1. The van der Waals surface area contributed by atoms with Crippen molar-refractivity contribution in [2.24, 2.45) is 0 Å². The van der Waals surface area contributed by atoms with Crippen molar-refractivity contribution < 1.29 is 14.4 Å². The van der Waals surface area contributed by atoms with Crippen molar-refractivity contribution in [3.63, 3.8) is 0 Å². The molecule has 7 nitrogen and oxygen atoms in total. The zero-order valence-electron chi connectivity index (χ0n) is 15.3. The van der Waals surface area contributed by atoms with Crippen molar-refractivity contribution in [2.45, 2.75) is 24.2 Å². The average Bonchev–Trinajstić information content (AvgIpc) is 2.73. The van der Waals surface area contributed by atoms with E-state index in [-0.39, 0.29) is 17.8 Å². The number of urea groups is 1. The first-order chi connectivity index (χ1) is 13.1. The molecule has 0 aliphatic carbocycles. The van der Waals surface area contributed by atoms with Gasteiger partial charge in [0, 0.05) is 49.7 Å². The van der Waals surface area contributed by atoms with Crippen molar-refractivity contribution in [1.29, 1.82) is 0 Å². The zero-order chi connectivity index (χ0) is 18.8. The van der Waals surface area contributed by atoms with Crippen molar-refractivity contribution in [3.05, 3.63) is 23.8 Å². The zero-order valence-corrected chi connectivity index (χ0v) is 16.1. The van der Waals surface area contributed by atoms with Gasteiger partial charge in [-0.25, -0.2) is 4.79 Å². The number of benzene rings is 1. The predicted molar refractivity (Wildman–Crippen MR) is 104 cm³/mol. The lowest BCUT2D eigenvalue weighted by atomic mass is 10.1. The summed E-state index contributed by atoms with van der Waals surface area (Å²) >= 11 is 1.48. The Hall–Kier alpha value is -2.22. The van der Waals surface area contributed by atoms with Gasteiger partial charge in [-0.15, -0.1) is 11.8 Å². The van der Waals surface area contributed by atoms with E-state index in [9.17, 15) is 14.4 Å². The molecule has 1 aromatic rings. The summed E-state index contributed by atoms with van der Waals surface area (Å²) in [5, 5.41) is 2.83. The fourth-order valence-electron chi connectivity index (χ4n) is 3.78. The molecule has 3 aliphatic heterocycles. The maximum Gasteiger partial charge on any atom is 0.320 e. The molecule has 4 amide bonds. The van der Waals surface area contributed by atoms with Crippen molar-refractivity contribution in [1.82, 2.24) is 14.7 Å². The summed E-state index contributed by atoms with van der Waals surface area (Å²) in [6.45, 7) is 3.90. The van der Waals surface area contributed by atoms with E-state index in [1.54, 1.807) is 11.0 Å². The molecule has 2 saturated heterocycles. The van der Waals surface area contributed by atoms with E-state index < -0.39 is 0 Å². The van der Waals surface area contributed by atoms with Crippen LogP contribution in [0.3, 0.4) is 0 Å². The monoisotopic (exact) mass is 388 g/mol. The largest absolute Gasteiger partial charge is 0.335 e. The van der Waals surface area contributed by atoms with Crippen LogP contribution in [0.1, 0.15) is 29.6 Å². The Kier molecular flexibility index (Phi) is 5.24. The number of hydrogen-bond acceptors (Lipinski definition) is 4. The smallest absolute Gasteiger partial charge is 0.320 e. The Labute approximate surface area is 163 Å². The SMILES string of the molecule is O=C1CSc2ccc(C(=O)N3CCN(C(=O)N4CCCCC4)CC3)cc2N1. The van der Waals surface area contributed by atoms with E-state index >= 15 is 0 Å². The van der Waals surface area contributed by atoms with Crippen molar-refractivity contribution in [3.8, 4) is 0 Å². The van der Waals surface area contributed by atoms with Crippen LogP contribution in [-0.4, -0.2) is 77.6 Å². The van der Waals surface area contributed by atoms with E-state index in [0.29, 0.717) is 43.2 Å². The van der Waals surface area contributed by atoms with Gasteiger partial charge in [0.25, 0.3) is 5.91 Å². The van der Waals surface area contributed by atoms with Crippen LogP contribution in [0.25, 0.3) is 0 Å². The third-order valence-electron chi connectivity index (χ3n) is 5.32. The molecule has 3 aliphatic rings. The molecule has 0 saturated carbocycles. The number of piperazine rings is 1. The number of carbonyl (C=O) groups is 3. The maximum absolute atomic E-state index is 12.8. The normalized spacial score (nSPS) is 20.1. The second-order valence-corrected chi connectivity index (χ2v) is 8.17. The summed E-state index contributed by atoms with van der Waals surface area (Å²) in [5.41, 5.74) is 1.29. The fraction of sp³-hybridized carbons (Fsp3) is 0.526. The lowest BCUT2D eigenvalue weighted by molar-refractivity contribution is -0.113. The standard InChI is InChI=1S/C19H24N4O3S/c24-17-13-27-16-5-4-14(12-15(16)20-17)18(25)21-8-10-23(11-9-21)19(26)22-6-2-1-3-7-22/h4-5,12H,1-3,6-11,13H2,(H,20,24). The molecule has 0 atom stereocenters. The molecule has 4 rings (SSSR count). The molecule has 2 fully saturated rings. The molecule has 0 radical (unpaired) electrons. The Morgan fingerprint density at radius 2 is 1.56 bits per heavy atom. The Bertz CT molecular complexity index is 755. The number of rotatable bonds is 1. The lowest BCUT2D eigenvalue weighted by Crippen LogP contribution is -2.54. The second-order valence-electron chi connectivity index (χ2n) is 7.16. The Balaban J connectivity index is 1.36. The first-order valence-corrected chi connectivity index (χ1v) is 10.5. The van der Waals surface area contributed by atoms with Gasteiger partial charge in [-0.2, -0.15) is 0 Å². The number of amides is 4. The van der Waals surface area contributed by atoms with E-state index in [1.807, 2.05) is 21.9 Å². The van der Waals surface area contributed by atoms with E-state index in [2.05, 4.69) is 5.32 Å². The lowest BCUT2D eigenvalue weighted by Gasteiger charge is -2.38. The van der Waals surface area contributed by atoms with Gasteiger partial charge in [0.1, 0.15) is 0 Å². The first kappa shape index (κ1) is 18.2. The fourth-order valence-corrected chi connectivity index (χ4v) is 4.57. The van der Waals surface area contributed by atoms with Crippen molar-refractivity contribution >= 4 is 35.3 Å².